The predicted molar refractivity (Wildman–Crippen MR) is 77.8 cm³/mol. The van der Waals surface area contributed by atoms with E-state index in [-0.39, 0.29) is 12.2 Å². The number of piperidine rings is 1. The Bertz CT molecular complexity index is 319. The Morgan fingerprint density at radius 3 is 2.74 bits per heavy atom. The summed E-state index contributed by atoms with van der Waals surface area (Å²) < 4.78 is 0. The third kappa shape index (κ3) is 3.29. The van der Waals surface area contributed by atoms with E-state index in [1.165, 1.54) is 19.4 Å². The van der Waals surface area contributed by atoms with Crippen LogP contribution in [0.1, 0.15) is 40.0 Å². The first-order valence-electron chi connectivity index (χ1n) is 7.78. The number of likely N-dealkylation sites (tertiary alicyclic amines) is 1. The molecule has 19 heavy (non-hydrogen) atoms. The highest BCUT2D eigenvalue weighted by Gasteiger charge is 2.40. The van der Waals surface area contributed by atoms with Crippen molar-refractivity contribution in [2.45, 2.75) is 52.2 Å². The van der Waals surface area contributed by atoms with Crippen LogP contribution in [0.4, 0.5) is 0 Å². The Hall–Kier alpha value is -0.610. The summed E-state index contributed by atoms with van der Waals surface area (Å²) >= 11 is 0. The zero-order valence-corrected chi connectivity index (χ0v) is 12.9. The van der Waals surface area contributed by atoms with Gasteiger partial charge >= 0.3 is 0 Å². The molecule has 3 unspecified atom stereocenters. The van der Waals surface area contributed by atoms with E-state index in [0.717, 1.165) is 19.5 Å². The van der Waals surface area contributed by atoms with Crippen LogP contribution in [0, 0.1) is 11.8 Å². The molecule has 0 aromatic carbocycles. The summed E-state index contributed by atoms with van der Waals surface area (Å²) in [5.74, 6) is 1.43. The second kappa shape index (κ2) is 6.23. The molecule has 4 nitrogen and oxygen atoms in total. The maximum Gasteiger partial charge on any atom is 0.241 e. The molecular weight excluding hydrogens is 238 g/mol. The van der Waals surface area contributed by atoms with Gasteiger partial charge in [-0.1, -0.05) is 20.8 Å². The zero-order valence-electron chi connectivity index (χ0n) is 12.9. The lowest BCUT2D eigenvalue weighted by molar-refractivity contribution is -0.131. The van der Waals surface area contributed by atoms with E-state index in [4.69, 9.17) is 0 Å². The fourth-order valence-electron chi connectivity index (χ4n) is 3.45. The highest BCUT2D eigenvalue weighted by molar-refractivity contribution is 5.84. The van der Waals surface area contributed by atoms with Crippen molar-refractivity contribution in [3.8, 4) is 0 Å². The Morgan fingerprint density at radius 1 is 1.42 bits per heavy atom. The van der Waals surface area contributed by atoms with E-state index in [0.29, 0.717) is 17.7 Å². The van der Waals surface area contributed by atoms with E-state index in [1.807, 2.05) is 0 Å². The SMILES string of the molecule is CCC1NC(C(C)C)N(CC2CCCN(C)C2)C1=O. The van der Waals surface area contributed by atoms with Crippen molar-refractivity contribution in [3.63, 3.8) is 0 Å². The summed E-state index contributed by atoms with van der Waals surface area (Å²) in [4.78, 5) is 17.0. The zero-order chi connectivity index (χ0) is 14.0. The molecule has 0 radical (unpaired) electrons. The summed E-state index contributed by atoms with van der Waals surface area (Å²) in [6.45, 7) is 9.74. The third-order valence-corrected chi connectivity index (χ3v) is 4.51. The number of hydrogen-bond acceptors (Lipinski definition) is 3. The van der Waals surface area contributed by atoms with Gasteiger partial charge in [0.2, 0.25) is 5.91 Å². The molecule has 2 fully saturated rings. The average molecular weight is 267 g/mol. The molecule has 110 valence electrons. The molecule has 0 aliphatic carbocycles. The molecule has 2 heterocycles. The maximum atomic E-state index is 12.5. The molecule has 0 saturated carbocycles. The quantitative estimate of drug-likeness (QED) is 0.839. The van der Waals surface area contributed by atoms with Gasteiger partial charge in [-0.3, -0.25) is 10.1 Å². The smallest absolute Gasteiger partial charge is 0.241 e. The molecule has 0 aromatic heterocycles. The van der Waals surface area contributed by atoms with Crippen molar-refractivity contribution in [2.24, 2.45) is 11.8 Å². The van der Waals surface area contributed by atoms with Gasteiger partial charge in [0, 0.05) is 13.1 Å². The molecule has 0 aromatic rings. The summed E-state index contributed by atoms with van der Waals surface area (Å²) in [5.41, 5.74) is 0. The first kappa shape index (κ1) is 14.8. The van der Waals surface area contributed by atoms with E-state index >= 15 is 0 Å². The largest absolute Gasteiger partial charge is 0.325 e. The van der Waals surface area contributed by atoms with Gasteiger partial charge in [0.25, 0.3) is 0 Å². The molecule has 1 N–H and O–H groups in total. The minimum Gasteiger partial charge on any atom is -0.325 e. The standard InChI is InChI=1S/C15H29N3O/c1-5-13-15(19)18(14(16-13)11(2)3)10-12-7-6-8-17(4)9-12/h11-14,16H,5-10H2,1-4H3. The first-order valence-corrected chi connectivity index (χ1v) is 7.78. The van der Waals surface area contributed by atoms with Crippen molar-refractivity contribution in [2.75, 3.05) is 26.7 Å². The minimum atomic E-state index is 0.0359. The Kier molecular flexibility index (Phi) is 4.85. The molecule has 3 atom stereocenters. The molecule has 2 rings (SSSR count). The molecule has 4 heteroatoms. The molecular formula is C15H29N3O. The number of nitrogens with zero attached hydrogens (tertiary/aromatic N) is 2. The van der Waals surface area contributed by atoms with E-state index in [9.17, 15) is 4.79 Å². The average Bonchev–Trinajstić information content (AvgIpc) is 2.67. The molecule has 2 aliphatic heterocycles. The van der Waals surface area contributed by atoms with Gasteiger partial charge < -0.3 is 9.80 Å². The number of carbonyl (C=O) groups is 1. The lowest BCUT2D eigenvalue weighted by atomic mass is 9.97. The summed E-state index contributed by atoms with van der Waals surface area (Å²) in [6, 6.07) is 0.0359. The lowest BCUT2D eigenvalue weighted by Crippen LogP contribution is -2.46. The molecule has 0 bridgehead atoms. The Labute approximate surface area is 117 Å². The molecule has 1 amide bonds. The van der Waals surface area contributed by atoms with Gasteiger partial charge in [-0.15, -0.1) is 0 Å². The van der Waals surface area contributed by atoms with Crippen LogP contribution in [0.25, 0.3) is 0 Å². The number of amides is 1. The molecule has 2 saturated heterocycles. The van der Waals surface area contributed by atoms with Crippen LogP contribution in [-0.2, 0) is 4.79 Å². The van der Waals surface area contributed by atoms with Gasteiger partial charge in [-0.05, 0) is 44.7 Å². The van der Waals surface area contributed by atoms with Crippen LogP contribution in [0.5, 0.6) is 0 Å². The summed E-state index contributed by atoms with van der Waals surface area (Å²) in [7, 11) is 2.19. The third-order valence-electron chi connectivity index (χ3n) is 4.51. The van der Waals surface area contributed by atoms with Crippen molar-refractivity contribution in [3.05, 3.63) is 0 Å². The highest BCUT2D eigenvalue weighted by atomic mass is 16.2. The van der Waals surface area contributed by atoms with Gasteiger partial charge in [0.05, 0.1) is 12.2 Å². The normalized spacial score (nSPS) is 33.4. The number of hydrogen-bond donors (Lipinski definition) is 1. The van der Waals surface area contributed by atoms with Gasteiger partial charge in [0.15, 0.2) is 0 Å². The van der Waals surface area contributed by atoms with Gasteiger partial charge in [-0.2, -0.15) is 0 Å². The first-order chi connectivity index (χ1) is 9.02. The van der Waals surface area contributed by atoms with Crippen LogP contribution in [0.2, 0.25) is 0 Å². The second-order valence-electron chi connectivity index (χ2n) is 6.58. The van der Waals surface area contributed by atoms with Crippen molar-refractivity contribution >= 4 is 5.91 Å². The van der Waals surface area contributed by atoms with E-state index < -0.39 is 0 Å². The Balaban J connectivity index is 2.01. The monoisotopic (exact) mass is 267 g/mol. The summed E-state index contributed by atoms with van der Waals surface area (Å²) in [5, 5.41) is 3.50. The number of rotatable bonds is 4. The second-order valence-corrected chi connectivity index (χ2v) is 6.58. The van der Waals surface area contributed by atoms with E-state index in [2.05, 4.69) is 42.9 Å². The highest BCUT2D eigenvalue weighted by Crippen LogP contribution is 2.24. The fourth-order valence-corrected chi connectivity index (χ4v) is 3.45. The number of nitrogens with one attached hydrogen (secondary N) is 1. The molecule has 0 spiro atoms. The van der Waals surface area contributed by atoms with Crippen LogP contribution in [0.15, 0.2) is 0 Å². The maximum absolute atomic E-state index is 12.5. The fraction of sp³-hybridized carbons (Fsp3) is 0.933. The lowest BCUT2D eigenvalue weighted by Gasteiger charge is -2.35. The van der Waals surface area contributed by atoms with Crippen LogP contribution in [-0.4, -0.2) is 54.6 Å². The van der Waals surface area contributed by atoms with Crippen molar-refractivity contribution < 1.29 is 4.79 Å². The number of carbonyl (C=O) groups excluding carboxylic acids is 1. The van der Waals surface area contributed by atoms with Crippen molar-refractivity contribution in [1.82, 2.24) is 15.1 Å². The minimum absolute atomic E-state index is 0.0359. The molecule has 2 aliphatic rings. The van der Waals surface area contributed by atoms with Gasteiger partial charge in [-0.25, -0.2) is 0 Å². The van der Waals surface area contributed by atoms with Gasteiger partial charge in [0.1, 0.15) is 0 Å². The topological polar surface area (TPSA) is 35.6 Å². The van der Waals surface area contributed by atoms with Crippen LogP contribution in [0.3, 0.4) is 0 Å². The van der Waals surface area contributed by atoms with E-state index in [1.54, 1.807) is 0 Å². The predicted octanol–water partition coefficient (Wildman–Crippen LogP) is 1.52. The van der Waals surface area contributed by atoms with Crippen LogP contribution < -0.4 is 5.32 Å². The van der Waals surface area contributed by atoms with Crippen molar-refractivity contribution in [1.29, 1.82) is 0 Å². The Morgan fingerprint density at radius 2 is 2.16 bits per heavy atom. The summed E-state index contributed by atoms with van der Waals surface area (Å²) in [6.07, 6.45) is 3.64. The van der Waals surface area contributed by atoms with Crippen LogP contribution >= 0.6 is 0 Å².